The zero-order chi connectivity index (χ0) is 14.8. The van der Waals surface area contributed by atoms with Crippen molar-refractivity contribution in [3.63, 3.8) is 0 Å². The smallest absolute Gasteiger partial charge is 0.372 e. The first kappa shape index (κ1) is 14.7. The third-order valence-electron chi connectivity index (χ3n) is 3.80. The van der Waals surface area contributed by atoms with Gasteiger partial charge in [-0.05, 0) is 19.4 Å². The summed E-state index contributed by atoms with van der Waals surface area (Å²) in [6.07, 6.45) is 4.04. The molecule has 2 rings (SSSR count). The maximum atomic E-state index is 12.2. The molecule has 0 N–H and O–H groups in total. The Kier molecular flexibility index (Phi) is 4.20. The molecular weight excluding hydrogens is 271 g/mol. The van der Waals surface area contributed by atoms with Crippen LogP contribution in [0, 0.1) is 5.92 Å². The number of hydrogen-bond acceptors (Lipinski definition) is 3. The fourth-order valence-corrected chi connectivity index (χ4v) is 3.26. The van der Waals surface area contributed by atoms with Crippen molar-refractivity contribution in [2.75, 3.05) is 0 Å². The SMILES string of the molecule is CC1=CC(C)(c2ccccc2)C(C(=O)OP=O)C(C)=C1. The normalized spacial score (nSPS) is 25.9. The van der Waals surface area contributed by atoms with E-state index in [9.17, 15) is 9.36 Å². The van der Waals surface area contributed by atoms with E-state index in [1.807, 2.05) is 57.2 Å². The Morgan fingerprint density at radius 1 is 1.25 bits per heavy atom. The van der Waals surface area contributed by atoms with E-state index in [1.54, 1.807) is 0 Å². The lowest BCUT2D eigenvalue weighted by Gasteiger charge is -2.37. The quantitative estimate of drug-likeness (QED) is 0.782. The number of rotatable bonds is 3. The Bertz CT molecular complexity index is 589. The van der Waals surface area contributed by atoms with Crippen molar-refractivity contribution in [2.45, 2.75) is 26.2 Å². The topological polar surface area (TPSA) is 43.4 Å². The number of carbonyl (C=O) groups excluding carboxylic acids is 1. The van der Waals surface area contributed by atoms with Gasteiger partial charge in [-0.3, -0.25) is 4.79 Å². The van der Waals surface area contributed by atoms with Gasteiger partial charge in [0.1, 0.15) is 0 Å². The van der Waals surface area contributed by atoms with Crippen LogP contribution in [0.2, 0.25) is 0 Å². The van der Waals surface area contributed by atoms with E-state index in [1.165, 1.54) is 0 Å². The molecule has 2 unspecified atom stereocenters. The average Bonchev–Trinajstić information content (AvgIpc) is 2.39. The zero-order valence-electron chi connectivity index (χ0n) is 11.8. The Labute approximate surface area is 120 Å². The van der Waals surface area contributed by atoms with Gasteiger partial charge < -0.3 is 4.52 Å². The van der Waals surface area contributed by atoms with Crippen molar-refractivity contribution >= 4 is 14.7 Å². The molecule has 20 heavy (non-hydrogen) atoms. The van der Waals surface area contributed by atoms with Gasteiger partial charge in [0, 0.05) is 5.41 Å². The molecule has 0 bridgehead atoms. The van der Waals surface area contributed by atoms with Gasteiger partial charge in [-0.15, -0.1) is 0 Å². The van der Waals surface area contributed by atoms with Gasteiger partial charge in [-0.1, -0.05) is 60.6 Å². The van der Waals surface area contributed by atoms with Gasteiger partial charge in [0.15, 0.2) is 0 Å². The Morgan fingerprint density at radius 2 is 1.90 bits per heavy atom. The minimum atomic E-state index is -0.607. The summed E-state index contributed by atoms with van der Waals surface area (Å²) in [6.45, 7) is 5.93. The molecule has 1 aromatic carbocycles. The van der Waals surface area contributed by atoms with Crippen molar-refractivity contribution in [3.8, 4) is 0 Å². The highest BCUT2D eigenvalue weighted by atomic mass is 31.1. The van der Waals surface area contributed by atoms with Gasteiger partial charge in [0.2, 0.25) is 0 Å². The fraction of sp³-hybridized carbons (Fsp3) is 0.312. The van der Waals surface area contributed by atoms with Crippen LogP contribution in [0.3, 0.4) is 0 Å². The van der Waals surface area contributed by atoms with Crippen LogP contribution in [0.4, 0.5) is 0 Å². The molecule has 2 atom stereocenters. The molecule has 0 aromatic heterocycles. The molecule has 0 fully saturated rings. The summed E-state index contributed by atoms with van der Waals surface area (Å²) in [5, 5.41) is 0. The third-order valence-corrected chi connectivity index (χ3v) is 4.05. The lowest BCUT2D eigenvalue weighted by Crippen LogP contribution is -2.38. The molecule has 0 heterocycles. The first-order valence-electron chi connectivity index (χ1n) is 6.45. The van der Waals surface area contributed by atoms with Crippen LogP contribution in [0.25, 0.3) is 0 Å². The predicted molar refractivity (Wildman–Crippen MR) is 78.5 cm³/mol. The Hall–Kier alpha value is -1.73. The van der Waals surface area contributed by atoms with E-state index in [0.29, 0.717) is 0 Å². The van der Waals surface area contributed by atoms with Crippen LogP contribution in [-0.4, -0.2) is 5.97 Å². The van der Waals surface area contributed by atoms with Crippen LogP contribution < -0.4 is 0 Å². The second kappa shape index (κ2) is 5.72. The highest BCUT2D eigenvalue weighted by Crippen LogP contribution is 2.43. The predicted octanol–water partition coefficient (Wildman–Crippen LogP) is 4.22. The molecule has 1 aliphatic rings. The number of allylic oxidation sites excluding steroid dienone is 3. The molecule has 0 spiro atoms. The summed E-state index contributed by atoms with van der Waals surface area (Å²) in [5.41, 5.74) is 2.57. The second-order valence-corrected chi connectivity index (χ2v) is 5.67. The first-order valence-corrected chi connectivity index (χ1v) is 7.19. The minimum absolute atomic E-state index is 0.463. The van der Waals surface area contributed by atoms with Gasteiger partial charge in [0.05, 0.1) is 5.92 Å². The van der Waals surface area contributed by atoms with Gasteiger partial charge >= 0.3 is 14.7 Å². The highest BCUT2D eigenvalue weighted by Gasteiger charge is 2.43. The number of carbonyl (C=O) groups is 1. The zero-order valence-corrected chi connectivity index (χ0v) is 12.7. The van der Waals surface area contributed by atoms with Crippen LogP contribution >= 0.6 is 8.69 Å². The maximum Gasteiger partial charge on any atom is 0.398 e. The van der Waals surface area contributed by atoms with Crippen LogP contribution in [0.5, 0.6) is 0 Å². The molecular formula is C16H17O3P. The summed E-state index contributed by atoms with van der Waals surface area (Å²) in [5.74, 6) is -0.930. The molecule has 0 aliphatic heterocycles. The standard InChI is InChI=1S/C16H17O3P/c1-11-9-12(2)14(15(17)19-20-18)16(3,10-11)13-7-5-4-6-8-13/h4-10,14H,1-3H3. The van der Waals surface area contributed by atoms with Crippen LogP contribution in [0.1, 0.15) is 26.3 Å². The second-order valence-electron chi connectivity index (χ2n) is 5.34. The van der Waals surface area contributed by atoms with E-state index in [4.69, 9.17) is 4.52 Å². The average molecular weight is 288 g/mol. The molecule has 0 saturated carbocycles. The highest BCUT2D eigenvalue weighted by molar-refractivity contribution is 7.18. The summed E-state index contributed by atoms with van der Waals surface area (Å²) < 4.78 is 15.3. The fourth-order valence-electron chi connectivity index (χ4n) is 3.08. The van der Waals surface area contributed by atoms with Crippen LogP contribution in [-0.2, 0) is 19.3 Å². The Balaban J connectivity index is 2.54. The molecule has 0 saturated heterocycles. The lowest BCUT2D eigenvalue weighted by atomic mass is 9.65. The van der Waals surface area contributed by atoms with Gasteiger partial charge in [0.25, 0.3) is 0 Å². The largest absolute Gasteiger partial charge is 0.398 e. The Morgan fingerprint density at radius 3 is 2.50 bits per heavy atom. The molecule has 1 aromatic rings. The molecule has 0 amide bonds. The summed E-state index contributed by atoms with van der Waals surface area (Å²) in [6, 6.07) is 9.84. The van der Waals surface area contributed by atoms with Crippen molar-refractivity contribution < 1.29 is 13.9 Å². The summed E-state index contributed by atoms with van der Waals surface area (Å²) >= 11 is 0. The van der Waals surface area contributed by atoms with Crippen molar-refractivity contribution in [3.05, 3.63) is 59.2 Å². The molecule has 3 nitrogen and oxygen atoms in total. The monoisotopic (exact) mass is 288 g/mol. The summed E-state index contributed by atoms with van der Waals surface area (Å²) in [4.78, 5) is 12.2. The third kappa shape index (κ3) is 2.59. The first-order chi connectivity index (χ1) is 9.49. The summed E-state index contributed by atoms with van der Waals surface area (Å²) in [7, 11) is -0.607. The molecule has 4 heteroatoms. The van der Waals surface area contributed by atoms with Crippen LogP contribution in [0.15, 0.2) is 53.6 Å². The lowest BCUT2D eigenvalue weighted by molar-refractivity contribution is -0.138. The van der Waals surface area contributed by atoms with E-state index in [0.717, 1.165) is 16.7 Å². The maximum absolute atomic E-state index is 12.2. The molecule has 104 valence electrons. The van der Waals surface area contributed by atoms with Gasteiger partial charge in [-0.2, -0.15) is 0 Å². The molecule has 1 aliphatic carbocycles. The number of benzene rings is 1. The van der Waals surface area contributed by atoms with E-state index < -0.39 is 26.0 Å². The van der Waals surface area contributed by atoms with Gasteiger partial charge in [-0.25, -0.2) is 4.57 Å². The van der Waals surface area contributed by atoms with E-state index in [2.05, 4.69) is 6.08 Å². The van der Waals surface area contributed by atoms with E-state index in [-0.39, 0.29) is 0 Å². The van der Waals surface area contributed by atoms with Crippen molar-refractivity contribution in [1.82, 2.24) is 0 Å². The minimum Gasteiger partial charge on any atom is -0.372 e. The van der Waals surface area contributed by atoms with Crippen molar-refractivity contribution in [2.24, 2.45) is 5.92 Å². The number of hydrogen-bond donors (Lipinski definition) is 0. The van der Waals surface area contributed by atoms with Crippen molar-refractivity contribution in [1.29, 1.82) is 0 Å². The van der Waals surface area contributed by atoms with E-state index >= 15 is 0 Å². The molecule has 0 radical (unpaired) electrons.